The van der Waals surface area contributed by atoms with Gasteiger partial charge in [-0.05, 0) is 36.4 Å². The van der Waals surface area contributed by atoms with Crippen LogP contribution >= 0.6 is 23.4 Å². The van der Waals surface area contributed by atoms with Crippen molar-refractivity contribution in [2.45, 2.75) is 11.8 Å². The van der Waals surface area contributed by atoms with Gasteiger partial charge in [0, 0.05) is 19.0 Å². The van der Waals surface area contributed by atoms with E-state index in [1.54, 1.807) is 33.2 Å². The van der Waals surface area contributed by atoms with Crippen LogP contribution in [-0.4, -0.2) is 37.3 Å². The van der Waals surface area contributed by atoms with Crippen molar-refractivity contribution in [3.05, 3.63) is 28.3 Å². The van der Waals surface area contributed by atoms with Gasteiger partial charge < -0.3 is 9.64 Å². The van der Waals surface area contributed by atoms with Crippen LogP contribution in [0.2, 0.25) is 5.02 Å². The van der Waals surface area contributed by atoms with E-state index in [0.717, 1.165) is 11.8 Å². The van der Waals surface area contributed by atoms with Crippen LogP contribution in [0.5, 0.6) is 0 Å². The Bertz CT molecular complexity index is 488. The first-order chi connectivity index (χ1) is 8.38. The van der Waals surface area contributed by atoms with Gasteiger partial charge in [0.25, 0.3) is 5.24 Å². The number of hydrogen-bond donors (Lipinski definition) is 0. The quantitative estimate of drug-likeness (QED) is 0.619. The molecule has 1 aromatic rings. The molecule has 0 saturated heterocycles. The highest BCUT2D eigenvalue weighted by Crippen LogP contribution is 2.33. The Kier molecular flexibility index (Phi) is 5.04. The smallest absolute Gasteiger partial charge is 0.338 e. The van der Waals surface area contributed by atoms with Gasteiger partial charge in [0.15, 0.2) is 0 Å². The van der Waals surface area contributed by atoms with Crippen molar-refractivity contribution >= 4 is 34.6 Å². The lowest BCUT2D eigenvalue weighted by Crippen LogP contribution is -2.16. The summed E-state index contributed by atoms with van der Waals surface area (Å²) >= 11 is 7.05. The van der Waals surface area contributed by atoms with Gasteiger partial charge in [-0.3, -0.25) is 4.79 Å². The molecule has 0 atom stereocenters. The minimum absolute atomic E-state index is 0.151. The molecule has 0 fully saturated rings. The maximum Gasteiger partial charge on any atom is 0.338 e. The molecule has 0 radical (unpaired) electrons. The highest BCUT2D eigenvalue weighted by molar-refractivity contribution is 8.13. The largest absolute Gasteiger partial charge is 0.465 e. The molecule has 0 aromatic heterocycles. The number of thioether (sulfide) groups is 1. The first-order valence-corrected chi connectivity index (χ1v) is 6.34. The first-order valence-electron chi connectivity index (χ1n) is 5.15. The normalized spacial score (nSPS) is 10.1. The van der Waals surface area contributed by atoms with Crippen LogP contribution in [0.4, 0.5) is 4.79 Å². The van der Waals surface area contributed by atoms with E-state index in [2.05, 4.69) is 4.74 Å². The molecule has 1 amide bonds. The van der Waals surface area contributed by atoms with Gasteiger partial charge in [-0.1, -0.05) is 11.6 Å². The summed E-state index contributed by atoms with van der Waals surface area (Å²) in [5.74, 6) is -0.441. The second-order valence-corrected chi connectivity index (χ2v) is 5.17. The Morgan fingerprint density at radius 2 is 1.94 bits per heavy atom. The van der Waals surface area contributed by atoms with Crippen molar-refractivity contribution < 1.29 is 14.3 Å². The van der Waals surface area contributed by atoms with Crippen LogP contribution in [0.3, 0.4) is 0 Å². The van der Waals surface area contributed by atoms with Crippen molar-refractivity contribution in [1.29, 1.82) is 0 Å². The molecule has 1 aromatic carbocycles. The average Bonchev–Trinajstić information content (AvgIpc) is 2.33. The molecule has 6 heteroatoms. The fraction of sp³-hybridized carbons (Fsp3) is 0.333. The number of nitrogens with zero attached hydrogens (tertiary/aromatic N) is 1. The highest BCUT2D eigenvalue weighted by Gasteiger charge is 2.18. The van der Waals surface area contributed by atoms with E-state index in [0.29, 0.717) is 21.0 Å². The third kappa shape index (κ3) is 3.17. The fourth-order valence-electron chi connectivity index (χ4n) is 1.29. The zero-order chi connectivity index (χ0) is 13.9. The van der Waals surface area contributed by atoms with E-state index in [-0.39, 0.29) is 5.24 Å². The first kappa shape index (κ1) is 14.9. The van der Waals surface area contributed by atoms with Crippen LogP contribution in [0.15, 0.2) is 17.0 Å². The van der Waals surface area contributed by atoms with Crippen molar-refractivity contribution in [1.82, 2.24) is 4.90 Å². The molecular weight excluding hydrogens is 274 g/mol. The SMILES string of the molecule is COC(=O)c1ccc(Cl)c(SC(=O)N(C)C)c1C. The number of hydrogen-bond acceptors (Lipinski definition) is 4. The van der Waals surface area contributed by atoms with Gasteiger partial charge in [-0.2, -0.15) is 0 Å². The van der Waals surface area contributed by atoms with Crippen molar-refractivity contribution in [2.24, 2.45) is 0 Å². The second-order valence-electron chi connectivity index (χ2n) is 3.80. The number of rotatable bonds is 2. The minimum Gasteiger partial charge on any atom is -0.465 e. The molecule has 0 unspecified atom stereocenters. The van der Waals surface area contributed by atoms with Gasteiger partial charge in [0.2, 0.25) is 0 Å². The second kappa shape index (κ2) is 6.11. The van der Waals surface area contributed by atoms with Gasteiger partial charge in [0.05, 0.1) is 17.7 Å². The number of carbonyl (C=O) groups is 2. The van der Waals surface area contributed by atoms with Crippen LogP contribution in [0.1, 0.15) is 15.9 Å². The number of esters is 1. The third-order valence-electron chi connectivity index (χ3n) is 2.32. The molecule has 0 bridgehead atoms. The number of amides is 1. The topological polar surface area (TPSA) is 46.6 Å². The predicted molar refractivity (Wildman–Crippen MR) is 72.5 cm³/mol. The number of halogens is 1. The highest BCUT2D eigenvalue weighted by atomic mass is 35.5. The van der Waals surface area contributed by atoms with E-state index >= 15 is 0 Å². The summed E-state index contributed by atoms with van der Waals surface area (Å²) in [6, 6.07) is 3.18. The van der Waals surface area contributed by atoms with Crippen LogP contribution in [0, 0.1) is 6.92 Å². The summed E-state index contributed by atoms with van der Waals surface area (Å²) < 4.78 is 4.68. The summed E-state index contributed by atoms with van der Waals surface area (Å²) in [4.78, 5) is 25.3. The molecule has 0 heterocycles. The average molecular weight is 288 g/mol. The Morgan fingerprint density at radius 1 is 1.33 bits per heavy atom. The predicted octanol–water partition coefficient (Wildman–Crippen LogP) is 3.21. The molecule has 0 aliphatic rings. The lowest BCUT2D eigenvalue weighted by Gasteiger charge is -2.13. The van der Waals surface area contributed by atoms with E-state index in [9.17, 15) is 9.59 Å². The summed E-state index contributed by atoms with van der Waals surface area (Å²) in [7, 11) is 4.62. The Labute approximate surface area is 115 Å². The van der Waals surface area contributed by atoms with E-state index in [1.165, 1.54) is 12.0 Å². The number of carbonyl (C=O) groups excluding carboxylic acids is 2. The van der Waals surface area contributed by atoms with Crippen LogP contribution in [-0.2, 0) is 4.74 Å². The molecule has 0 aliphatic carbocycles. The number of ether oxygens (including phenoxy) is 1. The zero-order valence-corrected chi connectivity index (χ0v) is 12.2. The number of benzene rings is 1. The lowest BCUT2D eigenvalue weighted by molar-refractivity contribution is 0.0599. The molecule has 18 heavy (non-hydrogen) atoms. The Morgan fingerprint density at radius 3 is 2.44 bits per heavy atom. The molecule has 98 valence electrons. The summed E-state index contributed by atoms with van der Waals surface area (Å²) in [6.07, 6.45) is 0. The van der Waals surface area contributed by atoms with Crippen LogP contribution in [0.25, 0.3) is 0 Å². The van der Waals surface area contributed by atoms with Gasteiger partial charge in [-0.15, -0.1) is 0 Å². The molecule has 0 saturated carbocycles. The van der Waals surface area contributed by atoms with Gasteiger partial charge >= 0.3 is 5.97 Å². The number of methoxy groups -OCH3 is 1. The van der Waals surface area contributed by atoms with Crippen LogP contribution < -0.4 is 0 Å². The minimum atomic E-state index is -0.441. The molecular formula is C12H14ClNO3S. The summed E-state index contributed by atoms with van der Waals surface area (Å²) in [5, 5.41) is 0.294. The summed E-state index contributed by atoms with van der Waals surface area (Å²) in [5.41, 5.74) is 1.06. The lowest BCUT2D eigenvalue weighted by atomic mass is 10.1. The van der Waals surface area contributed by atoms with E-state index in [1.807, 2.05) is 0 Å². The molecule has 1 rings (SSSR count). The van der Waals surface area contributed by atoms with Crippen molar-refractivity contribution in [3.63, 3.8) is 0 Å². The molecule has 4 nitrogen and oxygen atoms in total. The molecule has 0 spiro atoms. The maximum atomic E-state index is 11.7. The fourth-order valence-corrected chi connectivity index (χ4v) is 2.40. The maximum absolute atomic E-state index is 11.7. The Balaban J connectivity index is 3.18. The van der Waals surface area contributed by atoms with Crippen molar-refractivity contribution in [2.75, 3.05) is 21.2 Å². The van der Waals surface area contributed by atoms with Gasteiger partial charge in [0.1, 0.15) is 0 Å². The van der Waals surface area contributed by atoms with Crippen molar-refractivity contribution in [3.8, 4) is 0 Å². The monoisotopic (exact) mass is 287 g/mol. The molecule has 0 N–H and O–H groups in total. The van der Waals surface area contributed by atoms with E-state index in [4.69, 9.17) is 11.6 Å². The Hall–Kier alpha value is -1.20. The summed E-state index contributed by atoms with van der Waals surface area (Å²) in [6.45, 7) is 1.74. The zero-order valence-electron chi connectivity index (χ0n) is 10.6. The molecule has 0 aliphatic heterocycles. The van der Waals surface area contributed by atoms with E-state index < -0.39 is 5.97 Å². The van der Waals surface area contributed by atoms with Gasteiger partial charge in [-0.25, -0.2) is 4.79 Å². The third-order valence-corrected chi connectivity index (χ3v) is 4.01. The standard InChI is InChI=1S/C12H14ClNO3S/c1-7-8(11(15)17-4)5-6-9(13)10(7)18-12(16)14(2)3/h5-6H,1-4H3.